The standard InChI is InChI=1S/C56H101NO9/c1-4-7-14-22-46-26-32-50(33-27-46)54(60)63-42-20-12-10-11-18-38-57(40-21-41-58)39-19-13-17-25-53(59)64-43-49(44-65-55(61)51-34-28-47(29-35-51)23-15-8-5-2)45-66-56(62)52-36-30-48(31-37-52)24-16-9-6-3/h46-52,58H,4-45H2,1-3H3. The van der Waals surface area contributed by atoms with Crippen molar-refractivity contribution in [3.05, 3.63) is 0 Å². The molecule has 0 saturated heterocycles. The topological polar surface area (TPSA) is 129 Å². The molecule has 3 aliphatic carbocycles. The quantitative estimate of drug-likeness (QED) is 0.0363. The molecule has 3 rings (SSSR count). The van der Waals surface area contributed by atoms with Gasteiger partial charge in [-0.3, -0.25) is 19.2 Å². The maximum atomic E-state index is 13.2. The number of unbranched alkanes of at least 4 members (excludes halogenated alkanes) is 12. The van der Waals surface area contributed by atoms with Crippen LogP contribution in [0.1, 0.15) is 239 Å². The van der Waals surface area contributed by atoms with Crippen LogP contribution in [0.3, 0.4) is 0 Å². The molecule has 0 aromatic rings. The van der Waals surface area contributed by atoms with Crippen molar-refractivity contribution in [2.24, 2.45) is 41.4 Å². The monoisotopic (exact) mass is 932 g/mol. The Balaban J connectivity index is 1.30. The summed E-state index contributed by atoms with van der Waals surface area (Å²) in [4.78, 5) is 54.3. The summed E-state index contributed by atoms with van der Waals surface area (Å²) in [5.41, 5.74) is 0. The average molecular weight is 932 g/mol. The van der Waals surface area contributed by atoms with E-state index in [-0.39, 0.29) is 68.1 Å². The Labute approximate surface area is 403 Å². The molecule has 0 amide bonds. The van der Waals surface area contributed by atoms with Gasteiger partial charge < -0.3 is 29.0 Å². The Hall–Kier alpha value is -2.20. The predicted molar refractivity (Wildman–Crippen MR) is 266 cm³/mol. The SMILES string of the molecule is CCCCCC1CCC(C(=O)OCCCCCCCN(CCCO)CCCCCC(=O)OCC(COC(=O)C2CCC(CCCCC)CC2)COC(=O)C2CCC(CCCCC)CC2)CC1. The summed E-state index contributed by atoms with van der Waals surface area (Å²) in [6.07, 6.45) is 36.4. The zero-order valence-electron chi connectivity index (χ0n) is 42.9. The largest absolute Gasteiger partial charge is 0.465 e. The second kappa shape index (κ2) is 37.7. The molecule has 0 aromatic carbocycles. The van der Waals surface area contributed by atoms with Crippen LogP contribution < -0.4 is 0 Å². The van der Waals surface area contributed by atoms with Crippen molar-refractivity contribution in [1.29, 1.82) is 0 Å². The molecular formula is C56H101NO9. The fraction of sp³-hybridized carbons (Fsp3) is 0.929. The summed E-state index contributed by atoms with van der Waals surface area (Å²) >= 11 is 0. The van der Waals surface area contributed by atoms with Gasteiger partial charge >= 0.3 is 23.9 Å². The maximum Gasteiger partial charge on any atom is 0.308 e. The number of esters is 4. The Bertz CT molecular complexity index is 1190. The van der Waals surface area contributed by atoms with Gasteiger partial charge in [-0.2, -0.15) is 0 Å². The van der Waals surface area contributed by atoms with Crippen LogP contribution in [-0.4, -0.2) is 86.6 Å². The van der Waals surface area contributed by atoms with Gasteiger partial charge in [0.15, 0.2) is 0 Å². The van der Waals surface area contributed by atoms with Crippen LogP contribution in [-0.2, 0) is 38.1 Å². The molecule has 0 aromatic heterocycles. The molecule has 0 radical (unpaired) electrons. The number of hydrogen-bond acceptors (Lipinski definition) is 10. The Kier molecular flexibility index (Phi) is 33.2. The number of ether oxygens (including phenoxy) is 4. The van der Waals surface area contributed by atoms with Gasteiger partial charge in [0, 0.05) is 19.6 Å². The van der Waals surface area contributed by atoms with Gasteiger partial charge in [-0.25, -0.2) is 0 Å². The lowest BCUT2D eigenvalue weighted by Gasteiger charge is -2.28. The van der Waals surface area contributed by atoms with E-state index in [1.165, 1.54) is 89.9 Å². The average Bonchev–Trinajstić information content (AvgIpc) is 3.34. The highest BCUT2D eigenvalue weighted by molar-refractivity contribution is 5.73. The van der Waals surface area contributed by atoms with E-state index >= 15 is 0 Å². The lowest BCUT2D eigenvalue weighted by Crippen LogP contribution is -2.31. The number of aliphatic hydroxyl groups excluding tert-OH is 1. The molecule has 0 bridgehead atoms. The highest BCUT2D eigenvalue weighted by Crippen LogP contribution is 2.35. The molecule has 66 heavy (non-hydrogen) atoms. The van der Waals surface area contributed by atoms with E-state index in [1.54, 1.807) is 0 Å². The van der Waals surface area contributed by atoms with Gasteiger partial charge in [-0.1, -0.05) is 124 Å². The summed E-state index contributed by atoms with van der Waals surface area (Å²) in [5, 5.41) is 9.50. The third-order valence-electron chi connectivity index (χ3n) is 15.4. The lowest BCUT2D eigenvalue weighted by molar-refractivity contribution is -0.158. The first-order valence-corrected chi connectivity index (χ1v) is 28.2. The fourth-order valence-corrected chi connectivity index (χ4v) is 10.8. The number of rotatable bonds is 38. The second-order valence-electron chi connectivity index (χ2n) is 21.1. The summed E-state index contributed by atoms with van der Waals surface area (Å²) in [5.74, 6) is 1.17. The molecule has 384 valence electrons. The van der Waals surface area contributed by atoms with E-state index in [0.717, 1.165) is 148 Å². The highest BCUT2D eigenvalue weighted by atomic mass is 16.6. The Morgan fingerprint density at radius 2 is 0.818 bits per heavy atom. The predicted octanol–water partition coefficient (Wildman–Crippen LogP) is 13.1. The molecule has 0 atom stereocenters. The van der Waals surface area contributed by atoms with E-state index in [0.29, 0.717) is 24.9 Å². The van der Waals surface area contributed by atoms with Crippen LogP contribution in [0.25, 0.3) is 0 Å². The van der Waals surface area contributed by atoms with E-state index in [1.807, 2.05) is 0 Å². The summed E-state index contributed by atoms with van der Waals surface area (Å²) < 4.78 is 23.1. The number of hydrogen-bond donors (Lipinski definition) is 1. The van der Waals surface area contributed by atoms with E-state index in [9.17, 15) is 24.3 Å². The van der Waals surface area contributed by atoms with Crippen molar-refractivity contribution in [3.63, 3.8) is 0 Å². The van der Waals surface area contributed by atoms with E-state index in [2.05, 4.69) is 25.7 Å². The molecule has 3 fully saturated rings. The summed E-state index contributed by atoms with van der Waals surface area (Å²) in [6, 6.07) is 0. The summed E-state index contributed by atoms with van der Waals surface area (Å²) in [6.45, 7) is 10.5. The highest BCUT2D eigenvalue weighted by Gasteiger charge is 2.31. The van der Waals surface area contributed by atoms with Gasteiger partial charge in [0.25, 0.3) is 0 Å². The fourth-order valence-electron chi connectivity index (χ4n) is 10.8. The lowest BCUT2D eigenvalue weighted by atomic mass is 9.80. The first-order valence-electron chi connectivity index (χ1n) is 28.2. The minimum Gasteiger partial charge on any atom is -0.465 e. The molecule has 10 nitrogen and oxygen atoms in total. The molecule has 10 heteroatoms. The maximum absolute atomic E-state index is 13.2. The third-order valence-corrected chi connectivity index (χ3v) is 15.4. The van der Waals surface area contributed by atoms with E-state index in [4.69, 9.17) is 18.9 Å². The van der Waals surface area contributed by atoms with Crippen molar-refractivity contribution in [2.45, 2.75) is 239 Å². The number of aliphatic hydroxyl groups is 1. The minimum absolute atomic E-state index is 0.0248. The molecule has 0 spiro atoms. The molecule has 0 heterocycles. The summed E-state index contributed by atoms with van der Waals surface area (Å²) in [7, 11) is 0. The minimum atomic E-state index is -0.394. The molecular weight excluding hydrogens is 831 g/mol. The van der Waals surface area contributed by atoms with Crippen molar-refractivity contribution in [2.75, 3.05) is 52.7 Å². The second-order valence-corrected chi connectivity index (χ2v) is 21.1. The number of carbonyl (C=O) groups excluding carboxylic acids is 4. The molecule has 1 N–H and O–H groups in total. The molecule has 3 aliphatic rings. The Morgan fingerprint density at radius 1 is 0.439 bits per heavy atom. The molecule has 3 saturated carbocycles. The van der Waals surface area contributed by atoms with Crippen molar-refractivity contribution in [3.8, 4) is 0 Å². The van der Waals surface area contributed by atoms with Crippen LogP contribution in [0.4, 0.5) is 0 Å². The first kappa shape index (κ1) is 58.1. The van der Waals surface area contributed by atoms with Gasteiger partial charge in [0.1, 0.15) is 19.8 Å². The van der Waals surface area contributed by atoms with Gasteiger partial charge in [0.05, 0.1) is 30.3 Å². The van der Waals surface area contributed by atoms with Crippen LogP contribution in [0.5, 0.6) is 0 Å². The number of carbonyl (C=O) groups is 4. The van der Waals surface area contributed by atoms with E-state index < -0.39 is 5.92 Å². The Morgan fingerprint density at radius 3 is 1.26 bits per heavy atom. The van der Waals surface area contributed by atoms with Crippen molar-refractivity contribution >= 4 is 23.9 Å². The van der Waals surface area contributed by atoms with Crippen molar-refractivity contribution in [1.82, 2.24) is 4.90 Å². The van der Waals surface area contributed by atoms with Gasteiger partial charge in [-0.05, 0) is 140 Å². The molecule has 0 unspecified atom stereocenters. The number of nitrogens with zero attached hydrogens (tertiary/aromatic N) is 1. The smallest absolute Gasteiger partial charge is 0.308 e. The molecule has 0 aliphatic heterocycles. The van der Waals surface area contributed by atoms with Crippen molar-refractivity contribution < 1.29 is 43.2 Å². The van der Waals surface area contributed by atoms with Crippen LogP contribution in [0.15, 0.2) is 0 Å². The van der Waals surface area contributed by atoms with Crippen LogP contribution in [0.2, 0.25) is 0 Å². The zero-order chi connectivity index (χ0) is 47.5. The normalized spacial score (nSPS) is 22.7. The third kappa shape index (κ3) is 26.5. The van der Waals surface area contributed by atoms with Gasteiger partial charge in [-0.15, -0.1) is 0 Å². The first-order chi connectivity index (χ1) is 32.3. The van der Waals surface area contributed by atoms with Crippen LogP contribution >= 0.6 is 0 Å². The van der Waals surface area contributed by atoms with Crippen LogP contribution in [0, 0.1) is 41.4 Å². The zero-order valence-corrected chi connectivity index (χ0v) is 42.9. The van der Waals surface area contributed by atoms with Gasteiger partial charge in [0.2, 0.25) is 0 Å².